The molecule has 1 heterocycles. The lowest BCUT2D eigenvalue weighted by Crippen LogP contribution is -2.41. The number of hydrogen-bond donors (Lipinski definition) is 1. The SMILES string of the molecule is CC(C)C1CCCCC1NCCC1CCOC1. The molecule has 3 unspecified atom stereocenters. The van der Waals surface area contributed by atoms with Crippen LogP contribution in [0.5, 0.6) is 0 Å². The summed E-state index contributed by atoms with van der Waals surface area (Å²) in [6.45, 7) is 7.95. The quantitative estimate of drug-likeness (QED) is 0.795. The Labute approximate surface area is 107 Å². The predicted octanol–water partition coefficient (Wildman–Crippen LogP) is 3.22. The van der Waals surface area contributed by atoms with Crippen molar-refractivity contribution < 1.29 is 4.74 Å². The van der Waals surface area contributed by atoms with E-state index in [0.29, 0.717) is 0 Å². The van der Waals surface area contributed by atoms with Crippen LogP contribution in [0.3, 0.4) is 0 Å². The fraction of sp³-hybridized carbons (Fsp3) is 1.00. The fourth-order valence-electron chi connectivity index (χ4n) is 3.49. The molecule has 100 valence electrons. The van der Waals surface area contributed by atoms with E-state index in [1.54, 1.807) is 0 Å². The molecule has 2 nitrogen and oxygen atoms in total. The summed E-state index contributed by atoms with van der Waals surface area (Å²) in [5.74, 6) is 2.56. The van der Waals surface area contributed by atoms with Gasteiger partial charge in [-0.3, -0.25) is 0 Å². The second kappa shape index (κ2) is 6.75. The Bertz CT molecular complexity index is 211. The summed E-state index contributed by atoms with van der Waals surface area (Å²) in [5.41, 5.74) is 0. The Morgan fingerprint density at radius 2 is 2.00 bits per heavy atom. The lowest BCUT2D eigenvalue weighted by atomic mass is 9.78. The van der Waals surface area contributed by atoms with E-state index in [9.17, 15) is 0 Å². The molecule has 1 aliphatic heterocycles. The van der Waals surface area contributed by atoms with Crippen molar-refractivity contribution in [1.29, 1.82) is 0 Å². The monoisotopic (exact) mass is 239 g/mol. The van der Waals surface area contributed by atoms with Gasteiger partial charge in [0.1, 0.15) is 0 Å². The van der Waals surface area contributed by atoms with Gasteiger partial charge in [0.25, 0.3) is 0 Å². The van der Waals surface area contributed by atoms with Crippen molar-refractivity contribution in [2.45, 2.75) is 58.4 Å². The molecule has 0 spiro atoms. The van der Waals surface area contributed by atoms with Gasteiger partial charge in [-0.25, -0.2) is 0 Å². The smallest absolute Gasteiger partial charge is 0.0495 e. The molecule has 1 aliphatic carbocycles. The Hall–Kier alpha value is -0.0800. The van der Waals surface area contributed by atoms with Crippen molar-refractivity contribution >= 4 is 0 Å². The summed E-state index contributed by atoms with van der Waals surface area (Å²) in [6.07, 6.45) is 8.28. The summed E-state index contributed by atoms with van der Waals surface area (Å²) < 4.78 is 5.43. The van der Waals surface area contributed by atoms with E-state index in [1.807, 2.05) is 0 Å². The maximum absolute atomic E-state index is 5.43. The molecule has 2 rings (SSSR count). The molecule has 0 aromatic heterocycles. The van der Waals surface area contributed by atoms with Crippen molar-refractivity contribution in [2.75, 3.05) is 19.8 Å². The standard InChI is InChI=1S/C15H29NO/c1-12(2)14-5-3-4-6-15(14)16-9-7-13-8-10-17-11-13/h12-16H,3-11H2,1-2H3. The maximum Gasteiger partial charge on any atom is 0.0495 e. The third-order valence-electron chi connectivity index (χ3n) is 4.66. The molecule has 0 bridgehead atoms. The second-order valence-corrected chi connectivity index (χ2v) is 6.27. The molecule has 0 aromatic carbocycles. The van der Waals surface area contributed by atoms with Crippen molar-refractivity contribution in [2.24, 2.45) is 17.8 Å². The van der Waals surface area contributed by atoms with Crippen molar-refractivity contribution in [1.82, 2.24) is 5.32 Å². The van der Waals surface area contributed by atoms with Gasteiger partial charge in [0.15, 0.2) is 0 Å². The van der Waals surface area contributed by atoms with E-state index < -0.39 is 0 Å². The van der Waals surface area contributed by atoms with Crippen LogP contribution in [-0.4, -0.2) is 25.8 Å². The molecule has 0 amide bonds. The zero-order valence-electron chi connectivity index (χ0n) is 11.6. The first-order valence-corrected chi connectivity index (χ1v) is 7.58. The lowest BCUT2D eigenvalue weighted by Gasteiger charge is -2.35. The minimum Gasteiger partial charge on any atom is -0.381 e. The van der Waals surface area contributed by atoms with Gasteiger partial charge in [-0.15, -0.1) is 0 Å². The Morgan fingerprint density at radius 1 is 1.18 bits per heavy atom. The average molecular weight is 239 g/mol. The molecule has 0 radical (unpaired) electrons. The van der Waals surface area contributed by atoms with E-state index in [0.717, 1.165) is 37.0 Å². The summed E-state index contributed by atoms with van der Waals surface area (Å²) in [4.78, 5) is 0. The third-order valence-corrected chi connectivity index (χ3v) is 4.66. The normalized spacial score (nSPS) is 34.4. The van der Waals surface area contributed by atoms with Crippen LogP contribution in [0, 0.1) is 17.8 Å². The molecule has 2 fully saturated rings. The van der Waals surface area contributed by atoms with Crippen LogP contribution in [0.25, 0.3) is 0 Å². The van der Waals surface area contributed by atoms with Gasteiger partial charge >= 0.3 is 0 Å². The van der Waals surface area contributed by atoms with E-state index in [1.165, 1.54) is 45.1 Å². The Morgan fingerprint density at radius 3 is 2.71 bits per heavy atom. The van der Waals surface area contributed by atoms with Crippen LogP contribution < -0.4 is 5.32 Å². The molecule has 1 saturated heterocycles. The number of rotatable bonds is 5. The topological polar surface area (TPSA) is 21.3 Å². The summed E-state index contributed by atoms with van der Waals surface area (Å²) in [5, 5.41) is 3.82. The minimum absolute atomic E-state index is 0.783. The number of ether oxygens (including phenoxy) is 1. The van der Waals surface area contributed by atoms with E-state index in [2.05, 4.69) is 19.2 Å². The minimum atomic E-state index is 0.783. The molecule has 2 aliphatic rings. The van der Waals surface area contributed by atoms with E-state index in [-0.39, 0.29) is 0 Å². The van der Waals surface area contributed by atoms with E-state index >= 15 is 0 Å². The van der Waals surface area contributed by atoms with Gasteiger partial charge in [0, 0.05) is 19.3 Å². The molecule has 0 aromatic rings. The zero-order chi connectivity index (χ0) is 12.1. The highest BCUT2D eigenvalue weighted by Crippen LogP contribution is 2.30. The number of hydrogen-bond acceptors (Lipinski definition) is 2. The molecule has 1 saturated carbocycles. The predicted molar refractivity (Wildman–Crippen MR) is 72.1 cm³/mol. The van der Waals surface area contributed by atoms with Crippen LogP contribution in [0.1, 0.15) is 52.4 Å². The van der Waals surface area contributed by atoms with Crippen LogP contribution in [0.2, 0.25) is 0 Å². The van der Waals surface area contributed by atoms with Gasteiger partial charge in [-0.05, 0) is 50.0 Å². The second-order valence-electron chi connectivity index (χ2n) is 6.27. The van der Waals surface area contributed by atoms with Crippen molar-refractivity contribution in [3.05, 3.63) is 0 Å². The highest BCUT2D eigenvalue weighted by atomic mass is 16.5. The van der Waals surface area contributed by atoms with Gasteiger partial charge in [0.05, 0.1) is 0 Å². The summed E-state index contributed by atoms with van der Waals surface area (Å²) in [6, 6.07) is 0.783. The first-order chi connectivity index (χ1) is 8.27. The van der Waals surface area contributed by atoms with Crippen molar-refractivity contribution in [3.8, 4) is 0 Å². The summed E-state index contributed by atoms with van der Waals surface area (Å²) >= 11 is 0. The molecule has 2 heteroatoms. The maximum atomic E-state index is 5.43. The van der Waals surface area contributed by atoms with Gasteiger partial charge in [0.2, 0.25) is 0 Å². The third kappa shape index (κ3) is 3.96. The largest absolute Gasteiger partial charge is 0.381 e. The first-order valence-electron chi connectivity index (χ1n) is 7.58. The van der Waals surface area contributed by atoms with E-state index in [4.69, 9.17) is 4.74 Å². The summed E-state index contributed by atoms with van der Waals surface area (Å²) in [7, 11) is 0. The Kier molecular flexibility index (Phi) is 5.30. The highest BCUT2D eigenvalue weighted by molar-refractivity contribution is 4.83. The fourth-order valence-corrected chi connectivity index (χ4v) is 3.49. The van der Waals surface area contributed by atoms with Crippen molar-refractivity contribution in [3.63, 3.8) is 0 Å². The van der Waals surface area contributed by atoms with Crippen LogP contribution in [-0.2, 0) is 4.74 Å². The lowest BCUT2D eigenvalue weighted by molar-refractivity contribution is 0.180. The van der Waals surface area contributed by atoms with Crippen LogP contribution in [0.15, 0.2) is 0 Å². The first kappa shape index (κ1) is 13.4. The van der Waals surface area contributed by atoms with Gasteiger partial charge in [-0.1, -0.05) is 26.7 Å². The Balaban J connectivity index is 1.68. The highest BCUT2D eigenvalue weighted by Gasteiger charge is 2.27. The van der Waals surface area contributed by atoms with Gasteiger partial charge < -0.3 is 10.1 Å². The molecular weight excluding hydrogens is 210 g/mol. The van der Waals surface area contributed by atoms with Gasteiger partial charge in [-0.2, -0.15) is 0 Å². The number of nitrogens with one attached hydrogen (secondary N) is 1. The van der Waals surface area contributed by atoms with Crippen LogP contribution in [0.4, 0.5) is 0 Å². The zero-order valence-corrected chi connectivity index (χ0v) is 11.6. The molecular formula is C15H29NO. The average Bonchev–Trinajstić information content (AvgIpc) is 2.82. The molecule has 17 heavy (non-hydrogen) atoms. The van der Waals surface area contributed by atoms with Crippen LogP contribution >= 0.6 is 0 Å². The molecule has 3 atom stereocenters. The molecule has 1 N–H and O–H groups in total.